The highest BCUT2D eigenvalue weighted by molar-refractivity contribution is 14.1. The molecule has 0 aliphatic carbocycles. The summed E-state index contributed by atoms with van der Waals surface area (Å²) in [5.41, 5.74) is 1.22. The van der Waals surface area contributed by atoms with E-state index in [4.69, 9.17) is 4.74 Å². The smallest absolute Gasteiger partial charge is 0.0576 e. The van der Waals surface area contributed by atoms with Crippen LogP contribution in [0, 0.1) is 3.57 Å². The van der Waals surface area contributed by atoms with Gasteiger partial charge in [0, 0.05) is 22.4 Å². The van der Waals surface area contributed by atoms with E-state index >= 15 is 0 Å². The molecule has 0 spiro atoms. The van der Waals surface area contributed by atoms with Crippen molar-refractivity contribution in [1.82, 2.24) is 0 Å². The van der Waals surface area contributed by atoms with E-state index in [1.165, 1.54) is 34.9 Å². The molecule has 2 rings (SSSR count). The van der Waals surface area contributed by atoms with E-state index in [-0.39, 0.29) is 0 Å². The average molecular weight is 331 g/mol. The molecule has 0 radical (unpaired) electrons. The number of hydrogen-bond acceptors (Lipinski definition) is 2. The Bertz CT molecular complexity index is 306. The summed E-state index contributed by atoms with van der Waals surface area (Å²) in [7, 11) is 0. The van der Waals surface area contributed by atoms with Crippen molar-refractivity contribution in [1.29, 1.82) is 0 Å². The average Bonchev–Trinajstić information content (AvgIpc) is 2.80. The van der Waals surface area contributed by atoms with E-state index in [1.54, 1.807) is 0 Å². The molecule has 1 unspecified atom stereocenters. The fourth-order valence-corrected chi connectivity index (χ4v) is 2.36. The maximum Gasteiger partial charge on any atom is 0.0576 e. The van der Waals surface area contributed by atoms with Crippen LogP contribution in [-0.4, -0.2) is 19.3 Å². The largest absolute Gasteiger partial charge is 0.385 e. The molecule has 0 aromatic heterocycles. The minimum atomic E-state index is 0.526. The van der Waals surface area contributed by atoms with Gasteiger partial charge in [-0.05, 0) is 72.5 Å². The highest BCUT2D eigenvalue weighted by Gasteiger charge is 2.14. The predicted octanol–water partition coefficient (Wildman–Crippen LogP) is 3.66. The molecule has 88 valence electrons. The van der Waals surface area contributed by atoms with Crippen LogP contribution in [0.3, 0.4) is 0 Å². The third-order valence-corrected chi connectivity index (χ3v) is 3.62. The van der Waals surface area contributed by atoms with Gasteiger partial charge in [0.25, 0.3) is 0 Å². The molecule has 1 aromatic rings. The Balaban J connectivity index is 1.62. The van der Waals surface area contributed by atoms with Gasteiger partial charge >= 0.3 is 0 Å². The van der Waals surface area contributed by atoms with Crippen LogP contribution in [0.5, 0.6) is 0 Å². The Morgan fingerprint density at radius 1 is 1.31 bits per heavy atom. The maximum absolute atomic E-state index is 5.59. The number of rotatable bonds is 5. The van der Waals surface area contributed by atoms with Gasteiger partial charge < -0.3 is 10.1 Å². The quantitative estimate of drug-likeness (QED) is 0.657. The van der Waals surface area contributed by atoms with Crippen molar-refractivity contribution < 1.29 is 4.74 Å². The standard InChI is InChI=1S/C13H18INO/c14-11-5-7-12(8-6-11)15-9-1-3-13-4-2-10-16-13/h5-8,13,15H,1-4,9-10H2. The van der Waals surface area contributed by atoms with Crippen LogP contribution in [0.15, 0.2) is 24.3 Å². The van der Waals surface area contributed by atoms with E-state index in [1.807, 2.05) is 0 Å². The lowest BCUT2D eigenvalue weighted by atomic mass is 10.1. The van der Waals surface area contributed by atoms with Crippen molar-refractivity contribution in [3.63, 3.8) is 0 Å². The monoisotopic (exact) mass is 331 g/mol. The number of hydrogen-bond donors (Lipinski definition) is 1. The Kier molecular flexibility index (Phi) is 4.91. The Morgan fingerprint density at radius 3 is 2.81 bits per heavy atom. The van der Waals surface area contributed by atoms with Gasteiger partial charge in [0.05, 0.1) is 6.10 Å². The van der Waals surface area contributed by atoms with Crippen LogP contribution >= 0.6 is 22.6 Å². The molecule has 16 heavy (non-hydrogen) atoms. The highest BCUT2D eigenvalue weighted by Crippen LogP contribution is 2.17. The minimum absolute atomic E-state index is 0.526. The third kappa shape index (κ3) is 3.94. The zero-order valence-electron chi connectivity index (χ0n) is 9.42. The maximum atomic E-state index is 5.59. The van der Waals surface area contributed by atoms with Gasteiger partial charge in [-0.1, -0.05) is 0 Å². The minimum Gasteiger partial charge on any atom is -0.385 e. The second kappa shape index (κ2) is 6.45. The first kappa shape index (κ1) is 12.2. The van der Waals surface area contributed by atoms with E-state index in [0.29, 0.717) is 6.10 Å². The molecule has 1 saturated heterocycles. The lowest BCUT2D eigenvalue weighted by Crippen LogP contribution is -2.08. The normalized spacial score (nSPS) is 19.9. The summed E-state index contributed by atoms with van der Waals surface area (Å²) in [6, 6.07) is 8.52. The molecule has 1 fully saturated rings. The molecule has 1 aliphatic rings. The van der Waals surface area contributed by atoms with Crippen LogP contribution in [-0.2, 0) is 4.74 Å². The second-order valence-corrected chi connectivity index (χ2v) is 5.46. The zero-order valence-corrected chi connectivity index (χ0v) is 11.6. The molecular weight excluding hydrogens is 313 g/mol. The van der Waals surface area contributed by atoms with Crippen LogP contribution in [0.4, 0.5) is 5.69 Å². The molecule has 0 saturated carbocycles. The molecule has 3 heteroatoms. The summed E-state index contributed by atoms with van der Waals surface area (Å²) in [5.74, 6) is 0. The molecule has 2 nitrogen and oxygen atoms in total. The van der Waals surface area contributed by atoms with Crippen molar-refractivity contribution in [2.24, 2.45) is 0 Å². The molecular formula is C13H18INO. The van der Waals surface area contributed by atoms with Gasteiger partial charge in [0.15, 0.2) is 0 Å². The van der Waals surface area contributed by atoms with E-state index in [9.17, 15) is 0 Å². The number of nitrogens with one attached hydrogen (secondary N) is 1. The number of anilines is 1. The topological polar surface area (TPSA) is 21.3 Å². The fourth-order valence-electron chi connectivity index (χ4n) is 2.00. The summed E-state index contributed by atoms with van der Waals surface area (Å²) in [6.07, 6.45) is 5.41. The Morgan fingerprint density at radius 2 is 2.12 bits per heavy atom. The van der Waals surface area contributed by atoms with Gasteiger partial charge in [0.2, 0.25) is 0 Å². The molecule has 0 bridgehead atoms. The summed E-state index contributed by atoms with van der Waals surface area (Å²) in [5, 5.41) is 3.44. The second-order valence-electron chi connectivity index (χ2n) is 4.21. The summed E-state index contributed by atoms with van der Waals surface area (Å²) in [6.45, 7) is 2.01. The third-order valence-electron chi connectivity index (χ3n) is 2.90. The molecule has 1 aromatic carbocycles. The SMILES string of the molecule is Ic1ccc(NCCCC2CCCO2)cc1. The first-order valence-corrected chi connectivity index (χ1v) is 7.03. The molecule has 0 amide bonds. The van der Waals surface area contributed by atoms with Gasteiger partial charge in [-0.15, -0.1) is 0 Å². The van der Waals surface area contributed by atoms with E-state index < -0.39 is 0 Å². The summed E-state index contributed by atoms with van der Waals surface area (Å²) < 4.78 is 6.87. The van der Waals surface area contributed by atoms with Gasteiger partial charge in [0.1, 0.15) is 0 Å². The number of benzene rings is 1. The zero-order chi connectivity index (χ0) is 11.2. The van der Waals surface area contributed by atoms with Crippen LogP contribution < -0.4 is 5.32 Å². The van der Waals surface area contributed by atoms with E-state index in [0.717, 1.165) is 13.2 Å². The van der Waals surface area contributed by atoms with Crippen molar-refractivity contribution in [2.75, 3.05) is 18.5 Å². The summed E-state index contributed by atoms with van der Waals surface area (Å²) >= 11 is 2.32. The summed E-state index contributed by atoms with van der Waals surface area (Å²) in [4.78, 5) is 0. The fraction of sp³-hybridized carbons (Fsp3) is 0.538. The van der Waals surface area contributed by atoms with Crippen LogP contribution in [0.1, 0.15) is 25.7 Å². The molecule has 1 aliphatic heterocycles. The van der Waals surface area contributed by atoms with Crippen molar-refractivity contribution in [2.45, 2.75) is 31.8 Å². The van der Waals surface area contributed by atoms with Gasteiger partial charge in [-0.3, -0.25) is 0 Å². The highest BCUT2D eigenvalue weighted by atomic mass is 127. The lowest BCUT2D eigenvalue weighted by Gasteiger charge is -2.10. The number of halogens is 1. The predicted molar refractivity (Wildman–Crippen MR) is 75.9 cm³/mol. The Labute approximate surface area is 111 Å². The van der Waals surface area contributed by atoms with Crippen LogP contribution in [0.25, 0.3) is 0 Å². The molecule has 1 atom stereocenters. The van der Waals surface area contributed by atoms with Crippen molar-refractivity contribution in [3.8, 4) is 0 Å². The first-order chi connectivity index (χ1) is 7.84. The molecule has 1 heterocycles. The molecule has 1 N–H and O–H groups in total. The van der Waals surface area contributed by atoms with Crippen LogP contribution in [0.2, 0.25) is 0 Å². The first-order valence-electron chi connectivity index (χ1n) is 5.95. The van der Waals surface area contributed by atoms with Crippen molar-refractivity contribution in [3.05, 3.63) is 27.8 Å². The number of ether oxygens (including phenoxy) is 1. The lowest BCUT2D eigenvalue weighted by molar-refractivity contribution is 0.103. The van der Waals surface area contributed by atoms with E-state index in [2.05, 4.69) is 52.2 Å². The van der Waals surface area contributed by atoms with Gasteiger partial charge in [-0.2, -0.15) is 0 Å². The van der Waals surface area contributed by atoms with Gasteiger partial charge in [-0.25, -0.2) is 0 Å². The Hall–Kier alpha value is -0.290. The van der Waals surface area contributed by atoms with Crippen molar-refractivity contribution >= 4 is 28.3 Å².